The van der Waals surface area contributed by atoms with E-state index in [9.17, 15) is 4.79 Å². The van der Waals surface area contributed by atoms with Gasteiger partial charge in [0.05, 0.1) is 31.1 Å². The van der Waals surface area contributed by atoms with Gasteiger partial charge in [-0.3, -0.25) is 4.98 Å². The molecular weight excluding hydrogens is 460 g/mol. The molecule has 2 amide bonds. The summed E-state index contributed by atoms with van der Waals surface area (Å²) in [6, 6.07) is 21.6. The molecule has 10 nitrogen and oxygen atoms in total. The Morgan fingerprint density at radius 2 is 1.67 bits per heavy atom. The predicted molar refractivity (Wildman–Crippen MR) is 131 cm³/mol. The summed E-state index contributed by atoms with van der Waals surface area (Å²) in [5.74, 6) is 1.43. The first-order valence-electron chi connectivity index (χ1n) is 11.7. The van der Waals surface area contributed by atoms with Gasteiger partial charge in [0.25, 0.3) is 0 Å². The fourth-order valence-corrected chi connectivity index (χ4v) is 4.47. The number of benzene rings is 2. The number of carbonyl (C=O) groups is 1. The van der Waals surface area contributed by atoms with E-state index in [-0.39, 0.29) is 30.3 Å². The molecule has 2 aliphatic rings. The van der Waals surface area contributed by atoms with Crippen molar-refractivity contribution in [2.45, 2.75) is 24.3 Å². The molecule has 10 heteroatoms. The van der Waals surface area contributed by atoms with Gasteiger partial charge in [-0.15, -0.1) is 5.10 Å². The number of rotatable bonds is 6. The van der Waals surface area contributed by atoms with Crippen molar-refractivity contribution >= 4 is 11.7 Å². The van der Waals surface area contributed by atoms with Crippen LogP contribution in [0.1, 0.15) is 6.04 Å². The average Bonchev–Trinajstić information content (AvgIpc) is 3.64. The highest BCUT2D eigenvalue weighted by Gasteiger charge is 2.49. The van der Waals surface area contributed by atoms with Crippen LogP contribution < -0.4 is 15.4 Å². The van der Waals surface area contributed by atoms with Gasteiger partial charge in [-0.1, -0.05) is 29.5 Å². The van der Waals surface area contributed by atoms with Crippen molar-refractivity contribution in [3.05, 3.63) is 85.2 Å². The molecule has 2 aromatic carbocycles. The van der Waals surface area contributed by atoms with Crippen molar-refractivity contribution in [2.24, 2.45) is 0 Å². The smallest absolute Gasteiger partial charge is 0.319 e. The molecule has 0 spiro atoms. The van der Waals surface area contributed by atoms with Crippen LogP contribution in [0.25, 0.3) is 11.4 Å². The number of fused-ring (bicyclic) bond motifs is 1. The first-order valence-corrected chi connectivity index (χ1v) is 11.7. The molecule has 0 saturated carbocycles. The summed E-state index contributed by atoms with van der Waals surface area (Å²) in [4.78, 5) is 17.0. The lowest BCUT2D eigenvalue weighted by atomic mass is 10.1. The van der Waals surface area contributed by atoms with Crippen molar-refractivity contribution in [1.29, 1.82) is 0 Å². The third-order valence-electron chi connectivity index (χ3n) is 6.21. The zero-order valence-corrected chi connectivity index (χ0v) is 19.2. The van der Waals surface area contributed by atoms with Crippen molar-refractivity contribution in [1.82, 2.24) is 25.3 Å². The van der Waals surface area contributed by atoms with Crippen LogP contribution in [0.15, 0.2) is 85.2 Å². The maximum atomic E-state index is 12.6. The van der Waals surface area contributed by atoms with E-state index in [1.807, 2.05) is 54.7 Å². The zero-order chi connectivity index (χ0) is 24.3. The van der Waals surface area contributed by atoms with E-state index in [1.54, 1.807) is 35.1 Å². The topological polar surface area (TPSA) is 112 Å². The van der Waals surface area contributed by atoms with Crippen LogP contribution in [0.5, 0.6) is 11.5 Å². The highest BCUT2D eigenvalue weighted by molar-refractivity contribution is 5.89. The second-order valence-corrected chi connectivity index (χ2v) is 8.61. The molecule has 0 radical (unpaired) electrons. The number of carbonyl (C=O) groups excluding carboxylic acids is 1. The van der Waals surface area contributed by atoms with Crippen LogP contribution >= 0.6 is 0 Å². The minimum absolute atomic E-state index is 0.132. The SMILES string of the molecule is O=C(Nc1ccc(Oc2ccccc2)cc1)N[C@@H]1CO[C@@H]2[C@@H]1OC[C@@H]2n1cc(-c2ccccn2)nn1. The number of aromatic nitrogens is 4. The third kappa shape index (κ3) is 4.64. The largest absolute Gasteiger partial charge is 0.457 e. The molecule has 0 aliphatic carbocycles. The standard InChI is InChI=1S/C26H24N6O4/c33-26(28-17-9-11-19(12-10-17)36-18-6-2-1-3-7-18)29-22-15-34-25-23(16-35-24(22)25)32-14-21(30-31-32)20-8-4-5-13-27-20/h1-14,22-25H,15-16H2,(H2,28,29,33)/t22-,23+,24-,25+/m1/s1. The van der Waals surface area contributed by atoms with Gasteiger partial charge < -0.3 is 24.8 Å². The van der Waals surface area contributed by atoms with Crippen LogP contribution in [0, 0.1) is 0 Å². The fraction of sp³-hybridized carbons (Fsp3) is 0.231. The highest BCUT2D eigenvalue weighted by atomic mass is 16.6. The zero-order valence-electron chi connectivity index (χ0n) is 19.2. The minimum atomic E-state index is -0.328. The Bertz CT molecular complexity index is 1320. The Morgan fingerprint density at radius 3 is 2.47 bits per heavy atom. The van der Waals surface area contributed by atoms with Gasteiger partial charge in [0.15, 0.2) is 0 Å². The van der Waals surface area contributed by atoms with Gasteiger partial charge >= 0.3 is 6.03 Å². The number of nitrogens with one attached hydrogen (secondary N) is 2. The Morgan fingerprint density at radius 1 is 0.889 bits per heavy atom. The van der Waals surface area contributed by atoms with E-state index in [2.05, 4.69) is 25.9 Å². The Hall–Kier alpha value is -4.28. The molecule has 2 aliphatic heterocycles. The maximum Gasteiger partial charge on any atom is 0.319 e. The molecule has 0 unspecified atom stereocenters. The average molecular weight is 485 g/mol. The van der Waals surface area contributed by atoms with Crippen molar-refractivity contribution in [3.8, 4) is 22.9 Å². The number of urea groups is 1. The number of para-hydroxylation sites is 1. The number of ether oxygens (including phenoxy) is 3. The molecular formula is C26H24N6O4. The molecule has 0 bridgehead atoms. The van der Waals surface area contributed by atoms with E-state index in [0.29, 0.717) is 30.3 Å². The maximum absolute atomic E-state index is 12.6. The number of pyridine rings is 1. The van der Waals surface area contributed by atoms with Crippen molar-refractivity contribution in [2.75, 3.05) is 18.5 Å². The number of hydrogen-bond donors (Lipinski definition) is 2. The summed E-state index contributed by atoms with van der Waals surface area (Å²) in [6.07, 6.45) is 3.06. The number of hydrogen-bond acceptors (Lipinski definition) is 7. The fourth-order valence-electron chi connectivity index (χ4n) is 4.47. The van der Waals surface area contributed by atoms with Crippen LogP contribution in [0.4, 0.5) is 10.5 Å². The molecule has 4 atom stereocenters. The predicted octanol–water partition coefficient (Wildman–Crippen LogP) is 3.66. The van der Waals surface area contributed by atoms with Crippen LogP contribution in [-0.2, 0) is 9.47 Å². The molecule has 4 aromatic rings. The second kappa shape index (κ2) is 9.76. The first kappa shape index (κ1) is 22.2. The summed E-state index contributed by atoms with van der Waals surface area (Å²) < 4.78 is 19.6. The quantitative estimate of drug-likeness (QED) is 0.429. The normalized spacial score (nSPS) is 22.7. The molecule has 2 aromatic heterocycles. The lowest BCUT2D eigenvalue weighted by molar-refractivity contribution is 0.0622. The van der Waals surface area contributed by atoms with Crippen LogP contribution in [0.2, 0.25) is 0 Å². The molecule has 2 N–H and O–H groups in total. The van der Waals surface area contributed by atoms with Crippen molar-refractivity contribution < 1.29 is 19.0 Å². The molecule has 182 valence electrons. The van der Waals surface area contributed by atoms with Gasteiger partial charge in [-0.05, 0) is 48.5 Å². The van der Waals surface area contributed by atoms with Gasteiger partial charge in [0.1, 0.15) is 35.4 Å². The molecule has 2 saturated heterocycles. The first-order chi connectivity index (χ1) is 17.7. The monoisotopic (exact) mass is 484 g/mol. The summed E-state index contributed by atoms with van der Waals surface area (Å²) in [7, 11) is 0. The van der Waals surface area contributed by atoms with Crippen LogP contribution in [0.3, 0.4) is 0 Å². The minimum Gasteiger partial charge on any atom is -0.457 e. The van der Waals surface area contributed by atoms with Crippen LogP contribution in [-0.4, -0.2) is 57.5 Å². The number of anilines is 1. The summed E-state index contributed by atoms with van der Waals surface area (Å²) in [5.41, 5.74) is 2.09. The van der Waals surface area contributed by atoms with Gasteiger partial charge in [-0.25, -0.2) is 9.48 Å². The van der Waals surface area contributed by atoms with E-state index in [0.717, 1.165) is 11.4 Å². The molecule has 6 rings (SSSR count). The molecule has 36 heavy (non-hydrogen) atoms. The highest BCUT2D eigenvalue weighted by Crippen LogP contribution is 2.34. The van der Waals surface area contributed by atoms with E-state index < -0.39 is 0 Å². The lowest BCUT2D eigenvalue weighted by Gasteiger charge is -2.18. The van der Waals surface area contributed by atoms with Crippen molar-refractivity contribution in [3.63, 3.8) is 0 Å². The summed E-state index contributed by atoms with van der Waals surface area (Å²) in [5, 5.41) is 14.3. The Balaban J connectivity index is 1.04. The Kier molecular flexibility index (Phi) is 6.02. The van der Waals surface area contributed by atoms with E-state index >= 15 is 0 Å². The molecule has 2 fully saturated rings. The third-order valence-corrected chi connectivity index (χ3v) is 6.21. The number of amides is 2. The van der Waals surface area contributed by atoms with E-state index in [1.165, 1.54) is 0 Å². The second-order valence-electron chi connectivity index (χ2n) is 8.61. The number of nitrogens with zero attached hydrogens (tertiary/aromatic N) is 4. The summed E-state index contributed by atoms with van der Waals surface area (Å²) in [6.45, 7) is 0.772. The Labute approximate surface area is 207 Å². The summed E-state index contributed by atoms with van der Waals surface area (Å²) >= 11 is 0. The van der Waals surface area contributed by atoms with Gasteiger partial charge in [0, 0.05) is 11.9 Å². The van der Waals surface area contributed by atoms with E-state index in [4.69, 9.17) is 14.2 Å². The lowest BCUT2D eigenvalue weighted by Crippen LogP contribution is -2.45. The van der Waals surface area contributed by atoms with Gasteiger partial charge in [-0.2, -0.15) is 0 Å². The van der Waals surface area contributed by atoms with Gasteiger partial charge in [0.2, 0.25) is 0 Å². The molecule has 4 heterocycles.